The summed E-state index contributed by atoms with van der Waals surface area (Å²) in [6.07, 6.45) is -0.640. The topological polar surface area (TPSA) is 84.9 Å². The minimum absolute atomic E-state index is 0.103. The van der Waals surface area contributed by atoms with Crippen LogP contribution in [0, 0.1) is 5.41 Å². The van der Waals surface area contributed by atoms with E-state index in [2.05, 4.69) is 5.32 Å². The molecule has 7 heteroatoms. The second-order valence-corrected chi connectivity index (χ2v) is 10.1. The van der Waals surface area contributed by atoms with E-state index in [1.54, 1.807) is 40.0 Å². The molecule has 184 valence electrons. The number of nitrogens with zero attached hydrogens (tertiary/aromatic N) is 1. The maximum atomic E-state index is 12.9. The summed E-state index contributed by atoms with van der Waals surface area (Å²) < 4.78 is 10.5. The Morgan fingerprint density at radius 2 is 1.62 bits per heavy atom. The van der Waals surface area contributed by atoms with Crippen molar-refractivity contribution in [2.75, 3.05) is 19.0 Å². The molecule has 0 aliphatic heterocycles. The molecule has 0 radical (unpaired) electrons. The third kappa shape index (κ3) is 7.61. The van der Waals surface area contributed by atoms with Crippen LogP contribution in [0.3, 0.4) is 0 Å². The number of hydrogen-bond acceptors (Lipinski definition) is 6. The molecule has 0 heterocycles. The van der Waals surface area contributed by atoms with Crippen LogP contribution in [0.5, 0.6) is 5.75 Å². The Morgan fingerprint density at radius 1 is 0.941 bits per heavy atom. The molecule has 2 rings (SSSR count). The Morgan fingerprint density at radius 3 is 2.24 bits per heavy atom. The fourth-order valence-electron chi connectivity index (χ4n) is 3.19. The summed E-state index contributed by atoms with van der Waals surface area (Å²) in [5.41, 5.74) is 0.934. The zero-order valence-corrected chi connectivity index (χ0v) is 21.2. The highest BCUT2D eigenvalue weighted by atomic mass is 16.6. The zero-order valence-electron chi connectivity index (χ0n) is 21.2. The number of carbonyl (C=O) groups excluding carboxylic acids is 3. The molecule has 0 atom stereocenters. The number of amides is 1. The van der Waals surface area contributed by atoms with Crippen LogP contribution >= 0.6 is 0 Å². The van der Waals surface area contributed by atoms with Crippen molar-refractivity contribution < 1.29 is 23.9 Å². The van der Waals surface area contributed by atoms with Gasteiger partial charge >= 0.3 is 12.1 Å². The summed E-state index contributed by atoms with van der Waals surface area (Å²) in [7, 11) is 1.63. The molecular weight excluding hydrogens is 432 g/mol. The number of hydrogen-bond donors (Lipinski definition) is 1. The Bertz CT molecular complexity index is 1020. The smallest absolute Gasteiger partial charge is 0.417 e. The fraction of sp³-hybridized carbons (Fsp3) is 0.444. The minimum atomic E-state index is -0.799. The molecule has 0 aromatic heterocycles. The van der Waals surface area contributed by atoms with Crippen LogP contribution in [0.15, 0.2) is 48.5 Å². The molecule has 0 bridgehead atoms. The monoisotopic (exact) mass is 468 g/mol. The Kier molecular flexibility index (Phi) is 8.85. The Hall–Kier alpha value is -3.35. The van der Waals surface area contributed by atoms with Gasteiger partial charge in [-0.3, -0.25) is 9.59 Å². The first-order valence-corrected chi connectivity index (χ1v) is 11.4. The number of methoxy groups -OCH3 is 1. The molecule has 0 saturated carbocycles. The lowest BCUT2D eigenvalue weighted by Gasteiger charge is -2.34. The van der Waals surface area contributed by atoms with E-state index in [0.717, 1.165) is 17.0 Å². The summed E-state index contributed by atoms with van der Waals surface area (Å²) in [4.78, 5) is 39.2. The van der Waals surface area contributed by atoms with Gasteiger partial charge < -0.3 is 19.7 Å². The average molecular weight is 469 g/mol. The van der Waals surface area contributed by atoms with Crippen LogP contribution in [0.1, 0.15) is 63.9 Å². The van der Waals surface area contributed by atoms with Gasteiger partial charge in [0, 0.05) is 41.9 Å². The summed E-state index contributed by atoms with van der Waals surface area (Å²) in [5, 5.41) is 3.32. The molecule has 7 nitrogen and oxygen atoms in total. The van der Waals surface area contributed by atoms with Gasteiger partial charge in [-0.25, -0.2) is 4.79 Å². The van der Waals surface area contributed by atoms with Gasteiger partial charge in [-0.05, 0) is 59.7 Å². The summed E-state index contributed by atoms with van der Waals surface area (Å²) >= 11 is 0. The van der Waals surface area contributed by atoms with Crippen LogP contribution < -0.4 is 10.1 Å². The molecule has 0 unspecified atom stereocenters. The summed E-state index contributed by atoms with van der Waals surface area (Å²) in [6, 6.07) is 15.0. The number of nitrogens with one attached hydrogen (secondary N) is 1. The second-order valence-electron chi connectivity index (χ2n) is 10.1. The number of ketones is 1. The highest BCUT2D eigenvalue weighted by Crippen LogP contribution is 2.22. The maximum Gasteiger partial charge on any atom is 0.417 e. The van der Waals surface area contributed by atoms with Crippen LogP contribution in [-0.2, 0) is 16.1 Å². The van der Waals surface area contributed by atoms with Gasteiger partial charge in [0.1, 0.15) is 5.75 Å². The molecule has 34 heavy (non-hydrogen) atoms. The van der Waals surface area contributed by atoms with Crippen LogP contribution in [0.4, 0.5) is 10.5 Å². The Balaban J connectivity index is 2.04. The first kappa shape index (κ1) is 26.9. The van der Waals surface area contributed by atoms with Crippen molar-refractivity contribution in [1.82, 2.24) is 4.90 Å². The third-order valence-corrected chi connectivity index (χ3v) is 5.25. The van der Waals surface area contributed by atoms with E-state index < -0.39 is 23.0 Å². The zero-order chi connectivity index (χ0) is 25.5. The van der Waals surface area contributed by atoms with Gasteiger partial charge in [0.25, 0.3) is 0 Å². The number of ether oxygens (including phenoxy) is 2. The van der Waals surface area contributed by atoms with E-state index in [1.165, 1.54) is 4.90 Å². The van der Waals surface area contributed by atoms with Crippen molar-refractivity contribution in [3.63, 3.8) is 0 Å². The van der Waals surface area contributed by atoms with Crippen molar-refractivity contribution in [1.29, 1.82) is 0 Å². The highest BCUT2D eigenvalue weighted by Gasteiger charge is 2.33. The molecule has 0 spiro atoms. The van der Waals surface area contributed by atoms with E-state index in [1.807, 2.05) is 57.2 Å². The lowest BCUT2D eigenvalue weighted by Crippen LogP contribution is -2.48. The average Bonchev–Trinajstić information content (AvgIpc) is 2.76. The number of carbonyl (C=O) groups is 3. The predicted molar refractivity (Wildman–Crippen MR) is 133 cm³/mol. The first-order chi connectivity index (χ1) is 15.8. The lowest BCUT2D eigenvalue weighted by atomic mass is 9.97. The largest absolute Gasteiger partial charge is 0.496 e. The number of rotatable bonds is 8. The van der Waals surface area contributed by atoms with Gasteiger partial charge in [-0.2, -0.15) is 0 Å². The van der Waals surface area contributed by atoms with Crippen molar-refractivity contribution in [2.24, 2.45) is 5.41 Å². The number of para-hydroxylation sites is 1. The van der Waals surface area contributed by atoms with E-state index in [-0.39, 0.29) is 18.7 Å². The molecule has 1 N–H and O–H groups in total. The number of esters is 1. The molecule has 0 saturated heterocycles. The van der Waals surface area contributed by atoms with E-state index in [4.69, 9.17) is 9.47 Å². The highest BCUT2D eigenvalue weighted by molar-refractivity contribution is 5.97. The van der Waals surface area contributed by atoms with Gasteiger partial charge in [0.05, 0.1) is 12.5 Å². The van der Waals surface area contributed by atoms with Crippen LogP contribution in [0.2, 0.25) is 0 Å². The summed E-state index contributed by atoms with van der Waals surface area (Å²) in [5.74, 6) is 0.0818. The molecular formula is C27H36N2O5. The van der Waals surface area contributed by atoms with Crippen molar-refractivity contribution >= 4 is 23.5 Å². The normalized spacial score (nSPS) is 11.5. The molecule has 1 amide bonds. The molecule has 2 aromatic rings. The number of Topliss-reactive ketones (excluding diaryl/α,β-unsaturated/α-hetero) is 1. The van der Waals surface area contributed by atoms with Crippen LogP contribution in [0.25, 0.3) is 0 Å². The van der Waals surface area contributed by atoms with E-state index in [9.17, 15) is 14.4 Å². The summed E-state index contributed by atoms with van der Waals surface area (Å²) in [6.45, 7) is 11.2. The first-order valence-electron chi connectivity index (χ1n) is 11.4. The standard InChI is InChI=1S/C27H36N2O5/c1-26(2,3)24(31)34-25(32)29(27(4,5)6)16-15-22(30)19-12-10-13-21(17-19)28-18-20-11-8-9-14-23(20)33-7/h8-14,17,28H,15-16,18H2,1-7H3. The van der Waals surface area contributed by atoms with E-state index in [0.29, 0.717) is 12.1 Å². The fourth-order valence-corrected chi connectivity index (χ4v) is 3.19. The van der Waals surface area contributed by atoms with Crippen molar-refractivity contribution in [3.05, 3.63) is 59.7 Å². The number of benzene rings is 2. The maximum absolute atomic E-state index is 12.9. The predicted octanol–water partition coefficient (Wildman–Crippen LogP) is 5.69. The van der Waals surface area contributed by atoms with Gasteiger partial charge in [0.2, 0.25) is 0 Å². The third-order valence-electron chi connectivity index (χ3n) is 5.25. The molecule has 0 fully saturated rings. The van der Waals surface area contributed by atoms with E-state index >= 15 is 0 Å². The van der Waals surface area contributed by atoms with Crippen LogP contribution in [-0.4, -0.2) is 41.9 Å². The van der Waals surface area contributed by atoms with Crippen molar-refractivity contribution in [3.8, 4) is 5.75 Å². The minimum Gasteiger partial charge on any atom is -0.496 e. The quantitative estimate of drug-likeness (QED) is 0.304. The lowest BCUT2D eigenvalue weighted by molar-refractivity contribution is -0.147. The molecule has 0 aliphatic carbocycles. The Labute approximate surface area is 202 Å². The van der Waals surface area contributed by atoms with Gasteiger partial charge in [-0.1, -0.05) is 30.3 Å². The molecule has 0 aliphatic rings. The molecule has 2 aromatic carbocycles. The SMILES string of the molecule is COc1ccccc1CNc1cccc(C(=O)CCN(C(=O)OC(=O)C(C)(C)C)C(C)(C)C)c1. The second kappa shape index (κ2) is 11.2. The van der Waals surface area contributed by atoms with Gasteiger partial charge in [0.15, 0.2) is 5.78 Å². The van der Waals surface area contributed by atoms with Gasteiger partial charge in [-0.15, -0.1) is 0 Å². The number of anilines is 1. The van der Waals surface area contributed by atoms with Crippen molar-refractivity contribution in [2.45, 2.75) is 60.0 Å².